The van der Waals surface area contributed by atoms with Gasteiger partial charge in [-0.15, -0.1) is 0 Å². The summed E-state index contributed by atoms with van der Waals surface area (Å²) in [7, 11) is -3.60. The summed E-state index contributed by atoms with van der Waals surface area (Å²) in [5.41, 5.74) is 2.33. The number of anilines is 1. The van der Waals surface area contributed by atoms with Gasteiger partial charge in [0.1, 0.15) is 0 Å². The summed E-state index contributed by atoms with van der Waals surface area (Å²) < 4.78 is 27.1. The molecule has 1 heterocycles. The van der Waals surface area contributed by atoms with Crippen LogP contribution in [0.3, 0.4) is 0 Å². The van der Waals surface area contributed by atoms with Gasteiger partial charge in [-0.05, 0) is 43.7 Å². The molecule has 2 aromatic carbocycles. The number of piperazine rings is 1. The predicted octanol–water partition coefficient (Wildman–Crippen LogP) is 0.726. The molecule has 2 N–H and O–H groups in total. The van der Waals surface area contributed by atoms with E-state index in [1.165, 1.54) is 35.5 Å². The second-order valence-electron chi connectivity index (χ2n) is 7.33. The third kappa shape index (κ3) is 5.29. The molecule has 1 aliphatic heterocycles. The van der Waals surface area contributed by atoms with E-state index in [1.54, 1.807) is 0 Å². The number of hydrogen-bond acceptors (Lipinski definition) is 4. The summed E-state index contributed by atoms with van der Waals surface area (Å²) in [5.74, 6) is -0.183. The van der Waals surface area contributed by atoms with Gasteiger partial charge in [0, 0.05) is 11.3 Å². The van der Waals surface area contributed by atoms with Gasteiger partial charge in [-0.1, -0.05) is 24.3 Å². The van der Waals surface area contributed by atoms with E-state index in [1.807, 2.05) is 31.2 Å². The number of rotatable bonds is 6. The number of carbonyl (C=O) groups is 2. The molecule has 0 saturated carbocycles. The van der Waals surface area contributed by atoms with E-state index in [4.69, 9.17) is 0 Å². The molecule has 0 atom stereocenters. The lowest BCUT2D eigenvalue weighted by molar-refractivity contribution is -0.895. The van der Waals surface area contributed by atoms with Crippen molar-refractivity contribution in [3.05, 3.63) is 59.7 Å². The van der Waals surface area contributed by atoms with Crippen LogP contribution in [0.15, 0.2) is 53.4 Å². The number of ketones is 1. The summed E-state index contributed by atoms with van der Waals surface area (Å²) >= 11 is 0. The third-order valence-corrected chi connectivity index (χ3v) is 6.95. The van der Waals surface area contributed by atoms with Crippen molar-refractivity contribution in [1.82, 2.24) is 4.31 Å². The first-order valence-electron chi connectivity index (χ1n) is 9.57. The van der Waals surface area contributed by atoms with Crippen molar-refractivity contribution in [3.63, 3.8) is 0 Å². The van der Waals surface area contributed by atoms with Gasteiger partial charge in [-0.2, -0.15) is 4.31 Å². The number of quaternary nitrogens is 1. The Morgan fingerprint density at radius 1 is 1.07 bits per heavy atom. The second kappa shape index (κ2) is 8.86. The summed E-state index contributed by atoms with van der Waals surface area (Å²) in [6.45, 7) is 5.54. The second-order valence-corrected chi connectivity index (χ2v) is 9.27. The van der Waals surface area contributed by atoms with E-state index in [9.17, 15) is 18.0 Å². The van der Waals surface area contributed by atoms with Crippen molar-refractivity contribution in [2.75, 3.05) is 38.0 Å². The fourth-order valence-corrected chi connectivity index (χ4v) is 4.83. The number of Topliss-reactive ketones (excluding diaryl/α,β-unsaturated/α-hetero) is 1. The van der Waals surface area contributed by atoms with Gasteiger partial charge < -0.3 is 10.2 Å². The zero-order valence-electron chi connectivity index (χ0n) is 16.6. The van der Waals surface area contributed by atoms with E-state index in [0.29, 0.717) is 38.3 Å². The number of carbonyl (C=O) groups excluding carboxylic acids is 2. The summed E-state index contributed by atoms with van der Waals surface area (Å²) in [4.78, 5) is 24.9. The average Bonchev–Trinajstić information content (AvgIpc) is 2.68. The molecule has 8 heteroatoms. The minimum Gasteiger partial charge on any atom is -0.325 e. The highest BCUT2D eigenvalue weighted by Gasteiger charge is 2.31. The maximum absolute atomic E-state index is 12.8. The monoisotopic (exact) mass is 416 g/mol. The minimum atomic E-state index is -3.60. The number of hydrogen-bond donors (Lipinski definition) is 2. The van der Waals surface area contributed by atoms with Crippen LogP contribution < -0.4 is 10.2 Å². The molecule has 7 nitrogen and oxygen atoms in total. The Bertz CT molecular complexity index is 995. The Morgan fingerprint density at radius 3 is 2.31 bits per heavy atom. The van der Waals surface area contributed by atoms with Crippen LogP contribution in [0.25, 0.3) is 0 Å². The largest absolute Gasteiger partial charge is 0.325 e. The molecule has 0 radical (unpaired) electrons. The lowest BCUT2D eigenvalue weighted by Gasteiger charge is -2.31. The summed E-state index contributed by atoms with van der Waals surface area (Å²) in [6.07, 6.45) is 0. The Morgan fingerprint density at radius 2 is 1.72 bits per heavy atom. The molecule has 0 spiro atoms. The Hall–Kier alpha value is -2.55. The standard InChI is InChI=1S/C21H25N3O4S/c1-16-4-3-5-19(14-16)22-21(26)15-23-10-12-24(13-11-23)29(27,28)20-8-6-18(7-9-20)17(2)25/h3-9,14H,10-13,15H2,1-2H3,(H,22,26)/p+1. The first-order valence-corrected chi connectivity index (χ1v) is 11.0. The van der Waals surface area contributed by atoms with Crippen molar-refractivity contribution in [2.45, 2.75) is 18.7 Å². The van der Waals surface area contributed by atoms with Crippen molar-refractivity contribution >= 4 is 27.4 Å². The molecule has 2 aromatic rings. The molecule has 3 rings (SSSR count). The summed E-state index contributed by atoms with van der Waals surface area (Å²) in [5, 5.41) is 2.89. The normalized spacial score (nSPS) is 15.8. The Balaban J connectivity index is 1.55. The van der Waals surface area contributed by atoms with Crippen LogP contribution in [-0.2, 0) is 14.8 Å². The maximum atomic E-state index is 12.8. The fraction of sp³-hybridized carbons (Fsp3) is 0.333. The van der Waals surface area contributed by atoms with Crippen LogP contribution in [0.4, 0.5) is 5.69 Å². The molecule has 0 aliphatic carbocycles. The molecule has 0 bridgehead atoms. The number of nitrogens with one attached hydrogen (secondary N) is 2. The zero-order valence-corrected chi connectivity index (χ0v) is 17.5. The number of sulfonamides is 1. The molecule has 0 unspecified atom stereocenters. The smallest absolute Gasteiger partial charge is 0.279 e. The van der Waals surface area contributed by atoms with Gasteiger partial charge in [0.15, 0.2) is 12.3 Å². The van der Waals surface area contributed by atoms with Crippen molar-refractivity contribution in [2.24, 2.45) is 0 Å². The van der Waals surface area contributed by atoms with Gasteiger partial charge >= 0.3 is 0 Å². The lowest BCUT2D eigenvalue weighted by atomic mass is 10.2. The average molecular weight is 417 g/mol. The molecule has 29 heavy (non-hydrogen) atoms. The molecule has 0 aromatic heterocycles. The Kier molecular flexibility index (Phi) is 6.46. The SMILES string of the molecule is CC(=O)c1ccc(S(=O)(=O)N2CC[NH+](CC(=O)Nc3cccc(C)c3)CC2)cc1. The number of nitrogens with zero attached hydrogens (tertiary/aromatic N) is 1. The number of benzene rings is 2. The van der Waals surface area contributed by atoms with Crippen LogP contribution >= 0.6 is 0 Å². The molecule has 154 valence electrons. The maximum Gasteiger partial charge on any atom is 0.279 e. The quantitative estimate of drug-likeness (QED) is 0.680. The van der Waals surface area contributed by atoms with Gasteiger partial charge in [0.05, 0.1) is 31.1 Å². The van der Waals surface area contributed by atoms with Crippen LogP contribution in [-0.4, -0.2) is 57.1 Å². The molecule has 1 saturated heterocycles. The van der Waals surface area contributed by atoms with E-state index in [0.717, 1.165) is 16.2 Å². The highest BCUT2D eigenvalue weighted by molar-refractivity contribution is 7.89. The van der Waals surface area contributed by atoms with Gasteiger partial charge in [-0.25, -0.2) is 8.42 Å². The van der Waals surface area contributed by atoms with Crippen molar-refractivity contribution in [1.29, 1.82) is 0 Å². The zero-order chi connectivity index (χ0) is 21.0. The van der Waals surface area contributed by atoms with E-state index >= 15 is 0 Å². The minimum absolute atomic E-state index is 0.0817. The van der Waals surface area contributed by atoms with E-state index in [-0.39, 0.29) is 16.6 Å². The van der Waals surface area contributed by atoms with Crippen LogP contribution in [0.2, 0.25) is 0 Å². The van der Waals surface area contributed by atoms with Gasteiger partial charge in [0.2, 0.25) is 10.0 Å². The molecular formula is C21H26N3O4S+. The number of aryl methyl sites for hydroxylation is 1. The van der Waals surface area contributed by atoms with Gasteiger partial charge in [-0.3, -0.25) is 9.59 Å². The third-order valence-electron chi connectivity index (χ3n) is 5.04. The summed E-state index contributed by atoms with van der Waals surface area (Å²) in [6, 6.07) is 13.6. The fourth-order valence-electron chi connectivity index (χ4n) is 3.39. The highest BCUT2D eigenvalue weighted by atomic mass is 32.2. The van der Waals surface area contributed by atoms with Crippen LogP contribution in [0.5, 0.6) is 0 Å². The Labute approximate surface area is 171 Å². The van der Waals surface area contributed by atoms with E-state index < -0.39 is 10.0 Å². The first kappa shape index (κ1) is 21.2. The molecule has 1 amide bonds. The number of amides is 1. The van der Waals surface area contributed by atoms with Crippen molar-refractivity contribution < 1.29 is 22.9 Å². The lowest BCUT2D eigenvalue weighted by Crippen LogP contribution is -3.15. The predicted molar refractivity (Wildman–Crippen MR) is 111 cm³/mol. The van der Waals surface area contributed by atoms with Crippen molar-refractivity contribution in [3.8, 4) is 0 Å². The van der Waals surface area contributed by atoms with Gasteiger partial charge in [0.25, 0.3) is 5.91 Å². The molecule has 1 aliphatic rings. The first-order chi connectivity index (χ1) is 13.8. The highest BCUT2D eigenvalue weighted by Crippen LogP contribution is 2.17. The molecular weight excluding hydrogens is 390 g/mol. The van der Waals surface area contributed by atoms with E-state index in [2.05, 4.69) is 5.32 Å². The van der Waals surface area contributed by atoms with Crippen LogP contribution in [0.1, 0.15) is 22.8 Å². The molecule has 1 fully saturated rings. The van der Waals surface area contributed by atoms with Crippen LogP contribution in [0, 0.1) is 6.92 Å². The topological polar surface area (TPSA) is 88.0 Å².